The second-order valence-corrected chi connectivity index (χ2v) is 5.63. The summed E-state index contributed by atoms with van der Waals surface area (Å²) in [5.41, 5.74) is 3.45. The third kappa shape index (κ3) is 6.11. The molecule has 0 spiro atoms. The fourth-order valence-electron chi connectivity index (χ4n) is 2.04. The number of ether oxygens (including phenoxy) is 1. The maximum absolute atomic E-state index is 13.5. The molecule has 1 atom stereocenters. The summed E-state index contributed by atoms with van der Waals surface area (Å²) >= 11 is 0. The molecule has 0 aliphatic rings. The van der Waals surface area contributed by atoms with Crippen molar-refractivity contribution in [2.24, 2.45) is 0 Å². The summed E-state index contributed by atoms with van der Waals surface area (Å²) in [6.45, 7) is 1.35. The Balaban J connectivity index is 1.87. The molecule has 2 aromatic carbocycles. The zero-order chi connectivity index (χ0) is 20.7. The van der Waals surface area contributed by atoms with E-state index < -0.39 is 35.5 Å². The summed E-state index contributed by atoms with van der Waals surface area (Å²) < 4.78 is 56.6. The van der Waals surface area contributed by atoms with E-state index in [2.05, 4.69) is 10.9 Å². The second-order valence-electron chi connectivity index (χ2n) is 5.63. The van der Waals surface area contributed by atoms with Gasteiger partial charge in [0.15, 0.2) is 17.7 Å². The average molecular weight is 396 g/mol. The van der Waals surface area contributed by atoms with Crippen LogP contribution < -0.4 is 15.6 Å². The monoisotopic (exact) mass is 396 g/mol. The number of nitrogens with one attached hydrogen (secondary N) is 2. The van der Waals surface area contributed by atoms with Crippen LogP contribution >= 0.6 is 0 Å². The maximum Gasteiger partial charge on any atom is 0.416 e. The lowest BCUT2D eigenvalue weighted by molar-refractivity contribution is -0.137. The van der Waals surface area contributed by atoms with Gasteiger partial charge in [0.25, 0.3) is 11.8 Å². The van der Waals surface area contributed by atoms with E-state index in [9.17, 15) is 27.2 Å². The van der Waals surface area contributed by atoms with E-state index in [0.29, 0.717) is 0 Å². The van der Waals surface area contributed by atoms with Crippen LogP contribution in [0.3, 0.4) is 0 Å². The average Bonchev–Trinajstić information content (AvgIpc) is 2.65. The number of hydrogen-bond acceptors (Lipinski definition) is 3. The van der Waals surface area contributed by atoms with Crippen LogP contribution in [0.1, 0.15) is 18.1 Å². The van der Waals surface area contributed by atoms with Gasteiger partial charge in [-0.3, -0.25) is 20.4 Å². The number of hydrogen-bond donors (Lipinski definition) is 2. The lowest BCUT2D eigenvalue weighted by Gasteiger charge is -2.15. The first kappa shape index (κ1) is 20.9. The smallest absolute Gasteiger partial charge is 0.416 e. The van der Waals surface area contributed by atoms with Crippen molar-refractivity contribution in [2.75, 3.05) is 0 Å². The van der Waals surface area contributed by atoms with Crippen LogP contribution in [0.15, 0.2) is 54.6 Å². The molecule has 148 valence electrons. The van der Waals surface area contributed by atoms with Crippen molar-refractivity contribution >= 4 is 17.9 Å². The molecule has 2 aromatic rings. The molecule has 9 heteroatoms. The fraction of sp³-hybridized carbons (Fsp3) is 0.158. The molecule has 0 aliphatic heterocycles. The van der Waals surface area contributed by atoms with Crippen LogP contribution in [0.25, 0.3) is 6.08 Å². The second kappa shape index (κ2) is 9.03. The Morgan fingerprint density at radius 3 is 2.46 bits per heavy atom. The maximum atomic E-state index is 13.5. The highest BCUT2D eigenvalue weighted by molar-refractivity contribution is 5.93. The molecule has 2 rings (SSSR count). The predicted octanol–water partition coefficient (Wildman–Crippen LogP) is 3.47. The number of rotatable bonds is 5. The molecule has 2 N–H and O–H groups in total. The van der Waals surface area contributed by atoms with Crippen LogP contribution in [-0.2, 0) is 15.8 Å². The van der Waals surface area contributed by atoms with Gasteiger partial charge in [0.2, 0.25) is 0 Å². The zero-order valence-corrected chi connectivity index (χ0v) is 14.6. The summed E-state index contributed by atoms with van der Waals surface area (Å²) in [4.78, 5) is 23.6. The highest BCUT2D eigenvalue weighted by Gasteiger charge is 2.30. The number of carbonyl (C=O) groups is 2. The van der Waals surface area contributed by atoms with Crippen LogP contribution in [0.5, 0.6) is 5.75 Å². The molecule has 0 aliphatic carbocycles. The van der Waals surface area contributed by atoms with Gasteiger partial charge in [0.05, 0.1) is 5.56 Å². The SMILES string of the molecule is C[C@H](Oc1ccccc1F)C(=O)NNC(=O)/C=C/c1cccc(C(F)(F)F)c1. The van der Waals surface area contributed by atoms with Gasteiger partial charge in [-0.1, -0.05) is 24.3 Å². The van der Waals surface area contributed by atoms with Crippen molar-refractivity contribution in [3.8, 4) is 5.75 Å². The van der Waals surface area contributed by atoms with Gasteiger partial charge in [0.1, 0.15) is 0 Å². The lowest BCUT2D eigenvalue weighted by Crippen LogP contribution is -2.46. The molecule has 2 amide bonds. The number of alkyl halides is 3. The summed E-state index contributed by atoms with van der Waals surface area (Å²) in [5, 5.41) is 0. The van der Waals surface area contributed by atoms with Crippen LogP contribution in [0.4, 0.5) is 17.6 Å². The lowest BCUT2D eigenvalue weighted by atomic mass is 10.1. The Morgan fingerprint density at radius 1 is 1.07 bits per heavy atom. The van der Waals surface area contributed by atoms with Crippen molar-refractivity contribution in [3.05, 3.63) is 71.6 Å². The number of hydrazine groups is 1. The number of carbonyl (C=O) groups excluding carboxylic acids is 2. The first-order chi connectivity index (χ1) is 13.2. The van der Waals surface area contributed by atoms with E-state index >= 15 is 0 Å². The highest BCUT2D eigenvalue weighted by Crippen LogP contribution is 2.29. The van der Waals surface area contributed by atoms with Gasteiger partial charge in [0, 0.05) is 6.08 Å². The normalized spacial score (nSPS) is 12.5. The van der Waals surface area contributed by atoms with Gasteiger partial charge >= 0.3 is 6.18 Å². The molecule has 0 heterocycles. The van der Waals surface area contributed by atoms with E-state index in [1.165, 1.54) is 43.3 Å². The van der Waals surface area contributed by atoms with Gasteiger partial charge < -0.3 is 4.74 Å². The fourth-order valence-corrected chi connectivity index (χ4v) is 2.04. The van der Waals surface area contributed by atoms with E-state index in [1.807, 2.05) is 0 Å². The summed E-state index contributed by atoms with van der Waals surface area (Å²) in [6.07, 6.45) is -3.48. The van der Waals surface area contributed by atoms with Crippen LogP contribution in [-0.4, -0.2) is 17.9 Å². The van der Waals surface area contributed by atoms with Crippen molar-refractivity contribution in [1.29, 1.82) is 0 Å². The number of para-hydroxylation sites is 1. The van der Waals surface area contributed by atoms with Crippen molar-refractivity contribution in [3.63, 3.8) is 0 Å². The zero-order valence-electron chi connectivity index (χ0n) is 14.6. The minimum atomic E-state index is -4.49. The molecule has 5 nitrogen and oxygen atoms in total. The number of amides is 2. The molecule has 0 radical (unpaired) electrons. The van der Waals surface area contributed by atoms with Gasteiger partial charge in [-0.2, -0.15) is 13.2 Å². The summed E-state index contributed by atoms with van der Waals surface area (Å²) in [6, 6.07) is 9.90. The largest absolute Gasteiger partial charge is 0.478 e. The Bertz CT molecular complexity index is 881. The molecule has 0 unspecified atom stereocenters. The predicted molar refractivity (Wildman–Crippen MR) is 93.3 cm³/mol. The molecule has 28 heavy (non-hydrogen) atoms. The standard InChI is InChI=1S/C19H16F4N2O3/c1-12(28-16-8-3-2-7-15(16)20)18(27)25-24-17(26)10-9-13-5-4-6-14(11-13)19(21,22)23/h2-12H,1H3,(H,24,26)(H,25,27)/b10-9+/t12-/m0/s1. The van der Waals surface area contributed by atoms with Gasteiger partial charge in [-0.15, -0.1) is 0 Å². The van der Waals surface area contributed by atoms with E-state index in [1.54, 1.807) is 0 Å². The minimum Gasteiger partial charge on any atom is -0.478 e. The third-order valence-electron chi connectivity index (χ3n) is 3.46. The number of halogens is 4. The Labute approximate surface area is 158 Å². The summed E-state index contributed by atoms with van der Waals surface area (Å²) in [5.74, 6) is -2.29. The minimum absolute atomic E-state index is 0.124. The Morgan fingerprint density at radius 2 is 1.79 bits per heavy atom. The van der Waals surface area contributed by atoms with Gasteiger partial charge in [-0.05, 0) is 42.8 Å². The van der Waals surface area contributed by atoms with Crippen molar-refractivity contribution in [2.45, 2.75) is 19.2 Å². The van der Waals surface area contributed by atoms with Crippen molar-refractivity contribution in [1.82, 2.24) is 10.9 Å². The molecule has 0 bridgehead atoms. The first-order valence-corrected chi connectivity index (χ1v) is 8.03. The first-order valence-electron chi connectivity index (χ1n) is 8.03. The molecule has 0 aromatic heterocycles. The Hall–Kier alpha value is -3.36. The molecule has 0 saturated heterocycles. The van der Waals surface area contributed by atoms with E-state index in [0.717, 1.165) is 24.3 Å². The topological polar surface area (TPSA) is 67.4 Å². The van der Waals surface area contributed by atoms with Crippen molar-refractivity contribution < 1.29 is 31.9 Å². The van der Waals surface area contributed by atoms with E-state index in [4.69, 9.17) is 4.74 Å². The molecular weight excluding hydrogens is 380 g/mol. The molecular formula is C19H16F4N2O3. The molecule has 0 fully saturated rings. The molecule has 0 saturated carbocycles. The van der Waals surface area contributed by atoms with Gasteiger partial charge in [-0.25, -0.2) is 4.39 Å². The highest BCUT2D eigenvalue weighted by atomic mass is 19.4. The van der Waals surface area contributed by atoms with Crippen LogP contribution in [0.2, 0.25) is 0 Å². The van der Waals surface area contributed by atoms with Crippen LogP contribution in [0, 0.1) is 5.82 Å². The van der Waals surface area contributed by atoms with E-state index in [-0.39, 0.29) is 11.3 Å². The Kier molecular flexibility index (Phi) is 6.75. The number of benzene rings is 2. The quantitative estimate of drug-likeness (QED) is 0.462. The third-order valence-corrected chi connectivity index (χ3v) is 3.46. The summed E-state index contributed by atoms with van der Waals surface area (Å²) in [7, 11) is 0.